The summed E-state index contributed by atoms with van der Waals surface area (Å²) in [5.41, 5.74) is 7.09. The Bertz CT molecular complexity index is 665. The maximum atomic E-state index is 12.1. The van der Waals surface area contributed by atoms with Crippen LogP contribution < -0.4 is 10.5 Å². The molecule has 0 bridgehead atoms. The van der Waals surface area contributed by atoms with Crippen molar-refractivity contribution in [3.63, 3.8) is 0 Å². The summed E-state index contributed by atoms with van der Waals surface area (Å²) < 4.78 is 27.5. The number of sulfonamides is 1. The van der Waals surface area contributed by atoms with E-state index in [1.807, 2.05) is 0 Å². The average Bonchev–Trinajstić information content (AvgIpc) is 2.77. The van der Waals surface area contributed by atoms with E-state index < -0.39 is 10.0 Å². The number of hydrogen-bond donors (Lipinski definition) is 2. The van der Waals surface area contributed by atoms with Gasteiger partial charge in [0.2, 0.25) is 0 Å². The second-order valence-electron chi connectivity index (χ2n) is 4.07. The average molecular weight is 317 g/mol. The topological polar surface area (TPSA) is 72.2 Å². The van der Waals surface area contributed by atoms with Crippen LogP contribution in [0, 0.1) is 0 Å². The summed E-state index contributed by atoms with van der Waals surface area (Å²) in [6.07, 6.45) is 0. The highest BCUT2D eigenvalue weighted by Crippen LogP contribution is 2.26. The molecule has 1 atom stereocenters. The molecule has 0 saturated heterocycles. The van der Waals surface area contributed by atoms with Gasteiger partial charge in [-0.2, -0.15) is 0 Å². The number of anilines is 1. The lowest BCUT2D eigenvalue weighted by molar-refractivity contribution is 0.569. The second-order valence-corrected chi connectivity index (χ2v) is 7.72. The summed E-state index contributed by atoms with van der Waals surface area (Å²) in [6.45, 7) is 1.78. The highest BCUT2D eigenvalue weighted by Gasteiger charge is 2.20. The van der Waals surface area contributed by atoms with E-state index in [4.69, 9.17) is 17.3 Å². The fourth-order valence-corrected chi connectivity index (χ4v) is 4.32. The Labute approximate surface area is 121 Å². The van der Waals surface area contributed by atoms with E-state index in [-0.39, 0.29) is 10.3 Å². The predicted octanol–water partition coefficient (Wildman–Crippen LogP) is 3.02. The van der Waals surface area contributed by atoms with Crippen LogP contribution in [0.5, 0.6) is 0 Å². The first-order chi connectivity index (χ1) is 8.88. The Hall–Kier alpha value is -1.08. The van der Waals surface area contributed by atoms with Crippen molar-refractivity contribution in [2.45, 2.75) is 17.2 Å². The minimum absolute atomic E-state index is 0.208. The number of thiophene rings is 1. The third kappa shape index (κ3) is 3.48. The normalized spacial score (nSPS) is 13.4. The fraction of sp³-hybridized carbons (Fsp3) is 0.167. The van der Waals surface area contributed by atoms with Crippen molar-refractivity contribution in [1.29, 1.82) is 0 Å². The van der Waals surface area contributed by atoms with E-state index in [1.165, 1.54) is 6.07 Å². The molecule has 2 rings (SSSR count). The van der Waals surface area contributed by atoms with Gasteiger partial charge in [0.05, 0.1) is 4.34 Å². The van der Waals surface area contributed by atoms with Gasteiger partial charge in [0.15, 0.2) is 0 Å². The summed E-state index contributed by atoms with van der Waals surface area (Å²) in [5, 5.41) is 0. The molecule has 4 nitrogen and oxygen atoms in total. The van der Waals surface area contributed by atoms with Crippen LogP contribution in [0.4, 0.5) is 5.69 Å². The molecule has 0 aliphatic carbocycles. The molecule has 0 spiro atoms. The van der Waals surface area contributed by atoms with Crippen LogP contribution in [-0.4, -0.2) is 8.42 Å². The Morgan fingerprint density at radius 2 is 1.84 bits per heavy atom. The summed E-state index contributed by atoms with van der Waals surface area (Å²) in [5.74, 6) is 0. The van der Waals surface area contributed by atoms with Gasteiger partial charge in [0.25, 0.3) is 10.0 Å². The number of nitrogens with one attached hydrogen (secondary N) is 1. The zero-order valence-electron chi connectivity index (χ0n) is 10.1. The first kappa shape index (κ1) is 14.3. The summed E-state index contributed by atoms with van der Waals surface area (Å²) in [4.78, 5) is 0. The number of nitrogens with two attached hydrogens (primary N) is 1. The summed E-state index contributed by atoms with van der Waals surface area (Å²) in [7, 11) is -3.54. The van der Waals surface area contributed by atoms with Crippen molar-refractivity contribution in [3.05, 3.63) is 46.3 Å². The first-order valence-corrected chi connectivity index (χ1v) is 8.19. The van der Waals surface area contributed by atoms with Crippen LogP contribution in [0.2, 0.25) is 4.34 Å². The largest absolute Gasteiger partial charge is 0.399 e. The number of hydrogen-bond acceptors (Lipinski definition) is 4. The van der Waals surface area contributed by atoms with E-state index in [0.717, 1.165) is 16.9 Å². The van der Waals surface area contributed by atoms with Crippen LogP contribution in [0.25, 0.3) is 0 Å². The highest BCUT2D eigenvalue weighted by atomic mass is 35.5. The Balaban J connectivity index is 2.18. The van der Waals surface area contributed by atoms with Crippen molar-refractivity contribution >= 4 is 38.6 Å². The monoisotopic (exact) mass is 316 g/mol. The molecule has 0 amide bonds. The standard InChI is InChI=1S/C12H13ClN2O2S2/c1-8(9-2-4-10(14)5-3-9)15-19(16,17)12-7-6-11(13)18-12/h2-8,15H,14H2,1H3. The van der Waals surface area contributed by atoms with E-state index in [0.29, 0.717) is 10.0 Å². The molecule has 1 aromatic heterocycles. The molecule has 0 aliphatic heterocycles. The van der Waals surface area contributed by atoms with E-state index in [1.54, 1.807) is 37.3 Å². The maximum absolute atomic E-state index is 12.1. The number of rotatable bonds is 4. The molecule has 1 unspecified atom stereocenters. The van der Waals surface area contributed by atoms with Crippen LogP contribution in [0.15, 0.2) is 40.6 Å². The van der Waals surface area contributed by atoms with Gasteiger partial charge in [-0.1, -0.05) is 23.7 Å². The van der Waals surface area contributed by atoms with Crippen LogP contribution in [0.3, 0.4) is 0 Å². The smallest absolute Gasteiger partial charge is 0.250 e. The Morgan fingerprint density at radius 1 is 1.21 bits per heavy atom. The van der Waals surface area contributed by atoms with E-state index in [2.05, 4.69) is 4.72 Å². The van der Waals surface area contributed by atoms with Gasteiger partial charge in [0.1, 0.15) is 4.21 Å². The van der Waals surface area contributed by atoms with Crippen molar-refractivity contribution in [1.82, 2.24) is 4.72 Å². The molecule has 0 saturated carbocycles. The van der Waals surface area contributed by atoms with Gasteiger partial charge in [0, 0.05) is 11.7 Å². The molecular formula is C12H13ClN2O2S2. The van der Waals surface area contributed by atoms with Gasteiger partial charge in [-0.15, -0.1) is 11.3 Å². The molecule has 0 radical (unpaired) electrons. The Kier molecular flexibility index (Phi) is 4.15. The quantitative estimate of drug-likeness (QED) is 0.852. The van der Waals surface area contributed by atoms with Crippen molar-refractivity contribution in [2.75, 3.05) is 5.73 Å². The van der Waals surface area contributed by atoms with Gasteiger partial charge in [-0.3, -0.25) is 0 Å². The van der Waals surface area contributed by atoms with Crippen LogP contribution in [0.1, 0.15) is 18.5 Å². The van der Waals surface area contributed by atoms with Crippen LogP contribution in [-0.2, 0) is 10.0 Å². The minimum atomic E-state index is -3.54. The number of halogens is 1. The minimum Gasteiger partial charge on any atom is -0.399 e. The maximum Gasteiger partial charge on any atom is 0.250 e. The third-order valence-corrected chi connectivity index (χ3v) is 5.85. The van der Waals surface area contributed by atoms with E-state index in [9.17, 15) is 8.42 Å². The third-order valence-electron chi connectivity index (χ3n) is 2.58. The van der Waals surface area contributed by atoms with Gasteiger partial charge < -0.3 is 5.73 Å². The van der Waals surface area contributed by atoms with E-state index >= 15 is 0 Å². The molecule has 19 heavy (non-hydrogen) atoms. The first-order valence-electron chi connectivity index (χ1n) is 5.51. The molecule has 7 heteroatoms. The summed E-state index contributed by atoms with van der Waals surface area (Å²) in [6, 6.07) is 9.78. The highest BCUT2D eigenvalue weighted by molar-refractivity contribution is 7.91. The lowest BCUT2D eigenvalue weighted by Crippen LogP contribution is -2.26. The fourth-order valence-electron chi connectivity index (χ4n) is 1.59. The molecule has 2 aromatic rings. The van der Waals surface area contributed by atoms with Crippen molar-refractivity contribution < 1.29 is 8.42 Å². The molecule has 102 valence electrons. The number of benzene rings is 1. The van der Waals surface area contributed by atoms with Crippen molar-refractivity contribution in [3.8, 4) is 0 Å². The predicted molar refractivity (Wildman–Crippen MR) is 78.9 cm³/mol. The lowest BCUT2D eigenvalue weighted by atomic mass is 10.1. The zero-order valence-corrected chi connectivity index (χ0v) is 12.5. The SMILES string of the molecule is CC(NS(=O)(=O)c1ccc(Cl)s1)c1ccc(N)cc1. The molecule has 1 heterocycles. The molecule has 0 fully saturated rings. The Morgan fingerprint density at radius 3 is 2.37 bits per heavy atom. The van der Waals surface area contributed by atoms with Gasteiger partial charge in [-0.25, -0.2) is 13.1 Å². The number of nitrogen functional groups attached to an aromatic ring is 1. The molecule has 1 aromatic carbocycles. The van der Waals surface area contributed by atoms with Gasteiger partial charge in [-0.05, 0) is 36.8 Å². The van der Waals surface area contributed by atoms with Crippen molar-refractivity contribution in [2.24, 2.45) is 0 Å². The second kappa shape index (κ2) is 5.50. The summed E-state index contributed by atoms with van der Waals surface area (Å²) >= 11 is 6.78. The molecule has 3 N–H and O–H groups in total. The lowest BCUT2D eigenvalue weighted by Gasteiger charge is -2.13. The molecular weight excluding hydrogens is 304 g/mol. The molecule has 0 aliphatic rings. The zero-order chi connectivity index (χ0) is 14.0. The van der Waals surface area contributed by atoms with Gasteiger partial charge >= 0.3 is 0 Å². The van der Waals surface area contributed by atoms with Crippen LogP contribution >= 0.6 is 22.9 Å².